The highest BCUT2D eigenvalue weighted by molar-refractivity contribution is 5.92. The molecule has 0 aliphatic rings. The van der Waals surface area contributed by atoms with Crippen molar-refractivity contribution < 1.29 is 23.5 Å². The van der Waals surface area contributed by atoms with Crippen molar-refractivity contribution in [3.05, 3.63) is 46.3 Å². The van der Waals surface area contributed by atoms with Gasteiger partial charge in [0.2, 0.25) is 11.7 Å². The number of hydrogen-bond donors (Lipinski definition) is 2. The first-order valence-electron chi connectivity index (χ1n) is 7.69. The molecule has 0 fully saturated rings. The number of benzene rings is 1. The van der Waals surface area contributed by atoms with Gasteiger partial charge >= 0.3 is 5.97 Å². The van der Waals surface area contributed by atoms with Gasteiger partial charge in [-0.25, -0.2) is 4.79 Å². The molecule has 2 aromatic rings. The molecule has 0 aliphatic carbocycles. The van der Waals surface area contributed by atoms with Gasteiger partial charge in [0.05, 0.1) is 5.39 Å². The van der Waals surface area contributed by atoms with E-state index in [0.717, 1.165) is 6.07 Å². The Morgan fingerprint density at radius 1 is 1.24 bits per heavy atom. The molecule has 0 saturated heterocycles. The van der Waals surface area contributed by atoms with Crippen LogP contribution in [-0.4, -0.2) is 37.0 Å². The van der Waals surface area contributed by atoms with Crippen LogP contribution in [0, 0.1) is 0 Å². The molecule has 2 amide bonds. The Bertz CT molecular complexity index is 858. The summed E-state index contributed by atoms with van der Waals surface area (Å²) in [5.74, 6) is -2.23. The molecule has 0 unspecified atom stereocenters. The number of hydrogen-bond acceptors (Lipinski definition) is 6. The van der Waals surface area contributed by atoms with E-state index >= 15 is 0 Å². The maximum atomic E-state index is 12.0. The number of nitrogens with one attached hydrogen (secondary N) is 2. The van der Waals surface area contributed by atoms with Crippen molar-refractivity contribution in [2.45, 2.75) is 19.9 Å². The third-order valence-electron chi connectivity index (χ3n) is 3.29. The summed E-state index contributed by atoms with van der Waals surface area (Å²) >= 11 is 0. The monoisotopic (exact) mass is 346 g/mol. The molecule has 8 heteroatoms. The molecule has 2 N–H and O–H groups in total. The summed E-state index contributed by atoms with van der Waals surface area (Å²) in [5, 5.41) is 5.29. The van der Waals surface area contributed by atoms with E-state index in [1.54, 1.807) is 31.2 Å². The highest BCUT2D eigenvalue weighted by Gasteiger charge is 2.18. The van der Waals surface area contributed by atoms with Crippen LogP contribution in [0.5, 0.6) is 0 Å². The standard InChI is InChI=1S/C17H18N2O6/c1-3-18-16(22)10(2)19-15(21)9-24-17(23)14-8-12(20)11-6-4-5-7-13(11)25-14/h4-8,10H,3,9H2,1-2H3,(H,18,22)(H,19,21)/t10-/m1/s1. The number of carbonyl (C=O) groups excluding carboxylic acids is 3. The summed E-state index contributed by atoms with van der Waals surface area (Å²) < 4.78 is 10.1. The summed E-state index contributed by atoms with van der Waals surface area (Å²) in [4.78, 5) is 47.1. The second-order valence-electron chi connectivity index (χ2n) is 5.23. The Hall–Kier alpha value is -3.16. The number of rotatable bonds is 6. The summed E-state index contributed by atoms with van der Waals surface area (Å²) in [7, 11) is 0. The molecular formula is C17H18N2O6. The number of fused-ring (bicyclic) bond motifs is 1. The first-order chi connectivity index (χ1) is 11.9. The van der Waals surface area contributed by atoms with Crippen LogP contribution in [0.4, 0.5) is 0 Å². The van der Waals surface area contributed by atoms with Gasteiger partial charge in [-0.15, -0.1) is 0 Å². The van der Waals surface area contributed by atoms with E-state index in [9.17, 15) is 19.2 Å². The highest BCUT2D eigenvalue weighted by Crippen LogP contribution is 2.12. The van der Waals surface area contributed by atoms with E-state index in [0.29, 0.717) is 11.9 Å². The zero-order valence-electron chi connectivity index (χ0n) is 13.8. The molecule has 1 aromatic heterocycles. The van der Waals surface area contributed by atoms with E-state index in [1.807, 2.05) is 0 Å². The second kappa shape index (κ2) is 8.09. The van der Waals surface area contributed by atoms with Gasteiger partial charge in [0.15, 0.2) is 12.0 Å². The van der Waals surface area contributed by atoms with Gasteiger partial charge in [0.1, 0.15) is 11.6 Å². The average Bonchev–Trinajstić information content (AvgIpc) is 2.59. The number of para-hydroxylation sites is 1. The first kappa shape index (κ1) is 18.2. The van der Waals surface area contributed by atoms with Crippen molar-refractivity contribution in [2.24, 2.45) is 0 Å². The van der Waals surface area contributed by atoms with Crippen LogP contribution in [0.1, 0.15) is 24.4 Å². The number of amides is 2. The predicted octanol–water partition coefficient (Wildman–Crippen LogP) is 0.591. The molecule has 1 heterocycles. The molecule has 0 aliphatic heterocycles. The van der Waals surface area contributed by atoms with Crippen molar-refractivity contribution in [1.82, 2.24) is 10.6 Å². The van der Waals surface area contributed by atoms with Crippen LogP contribution < -0.4 is 16.1 Å². The third-order valence-corrected chi connectivity index (χ3v) is 3.29. The van der Waals surface area contributed by atoms with Crippen LogP contribution in [0.2, 0.25) is 0 Å². The molecule has 0 saturated carbocycles. The van der Waals surface area contributed by atoms with Crippen LogP contribution in [0.3, 0.4) is 0 Å². The van der Waals surface area contributed by atoms with Gasteiger partial charge in [-0.05, 0) is 26.0 Å². The van der Waals surface area contributed by atoms with E-state index in [1.165, 1.54) is 6.92 Å². The van der Waals surface area contributed by atoms with Crippen LogP contribution in [-0.2, 0) is 14.3 Å². The van der Waals surface area contributed by atoms with Gasteiger partial charge < -0.3 is 19.8 Å². The van der Waals surface area contributed by atoms with E-state index in [2.05, 4.69) is 10.6 Å². The summed E-state index contributed by atoms with van der Waals surface area (Å²) in [6.45, 7) is 3.10. The third kappa shape index (κ3) is 4.66. The van der Waals surface area contributed by atoms with Crippen LogP contribution in [0.25, 0.3) is 11.0 Å². The second-order valence-corrected chi connectivity index (χ2v) is 5.23. The largest absolute Gasteiger partial charge is 0.450 e. The van der Waals surface area contributed by atoms with Crippen molar-refractivity contribution in [3.8, 4) is 0 Å². The normalized spacial score (nSPS) is 11.6. The fraction of sp³-hybridized carbons (Fsp3) is 0.294. The van der Waals surface area contributed by atoms with Gasteiger partial charge in [0.25, 0.3) is 5.91 Å². The SMILES string of the molecule is CCNC(=O)[C@@H](C)NC(=O)COC(=O)c1cc(=O)c2ccccc2o1. The van der Waals surface area contributed by atoms with Crippen molar-refractivity contribution in [2.75, 3.05) is 13.2 Å². The fourth-order valence-corrected chi connectivity index (χ4v) is 2.08. The minimum absolute atomic E-state index is 0.247. The van der Waals surface area contributed by atoms with Crippen molar-refractivity contribution in [3.63, 3.8) is 0 Å². The zero-order valence-corrected chi connectivity index (χ0v) is 13.8. The molecule has 2 rings (SSSR count). The average molecular weight is 346 g/mol. The first-order valence-corrected chi connectivity index (χ1v) is 7.69. The van der Waals surface area contributed by atoms with Gasteiger partial charge in [-0.3, -0.25) is 14.4 Å². The number of esters is 1. The molecule has 1 aromatic carbocycles. The minimum atomic E-state index is -0.941. The van der Waals surface area contributed by atoms with E-state index in [4.69, 9.17) is 9.15 Å². The predicted molar refractivity (Wildman–Crippen MR) is 89.1 cm³/mol. The van der Waals surface area contributed by atoms with Gasteiger partial charge in [0, 0.05) is 12.6 Å². The molecule has 1 atom stereocenters. The van der Waals surface area contributed by atoms with Gasteiger partial charge in [-0.1, -0.05) is 12.1 Å². The van der Waals surface area contributed by atoms with Gasteiger partial charge in [-0.2, -0.15) is 0 Å². The summed E-state index contributed by atoms with van der Waals surface area (Å²) in [6, 6.07) is 6.72. The van der Waals surface area contributed by atoms with Crippen molar-refractivity contribution in [1.29, 1.82) is 0 Å². The van der Waals surface area contributed by atoms with Crippen LogP contribution in [0.15, 0.2) is 39.5 Å². The number of likely N-dealkylation sites (N-methyl/N-ethyl adjacent to an activating group) is 1. The zero-order chi connectivity index (χ0) is 18.4. The van der Waals surface area contributed by atoms with E-state index in [-0.39, 0.29) is 22.7 Å². The highest BCUT2D eigenvalue weighted by atomic mass is 16.5. The fourth-order valence-electron chi connectivity index (χ4n) is 2.08. The molecular weight excluding hydrogens is 328 g/mol. The molecule has 25 heavy (non-hydrogen) atoms. The van der Waals surface area contributed by atoms with Crippen LogP contribution >= 0.6 is 0 Å². The minimum Gasteiger partial charge on any atom is -0.450 e. The Balaban J connectivity index is 1.97. The maximum Gasteiger partial charge on any atom is 0.374 e. The Morgan fingerprint density at radius 2 is 1.96 bits per heavy atom. The number of carbonyl (C=O) groups is 3. The quantitative estimate of drug-likeness (QED) is 0.740. The lowest BCUT2D eigenvalue weighted by atomic mass is 10.2. The molecule has 132 valence electrons. The summed E-state index contributed by atoms with van der Waals surface area (Å²) in [5.41, 5.74) is -0.139. The topological polar surface area (TPSA) is 115 Å². The maximum absolute atomic E-state index is 12.0. The van der Waals surface area contributed by atoms with E-state index < -0.39 is 24.5 Å². The smallest absolute Gasteiger partial charge is 0.374 e. The lowest BCUT2D eigenvalue weighted by Gasteiger charge is -2.13. The molecule has 0 spiro atoms. The number of ether oxygens (including phenoxy) is 1. The Labute approximate surface area is 143 Å². The van der Waals surface area contributed by atoms with Crippen molar-refractivity contribution >= 4 is 28.8 Å². The Kier molecular flexibility index (Phi) is 5.89. The Morgan fingerprint density at radius 3 is 2.68 bits per heavy atom. The lowest BCUT2D eigenvalue weighted by Crippen LogP contribution is -2.46. The molecule has 8 nitrogen and oxygen atoms in total. The molecule has 0 radical (unpaired) electrons. The lowest BCUT2D eigenvalue weighted by molar-refractivity contribution is -0.130. The molecule has 0 bridgehead atoms. The summed E-state index contributed by atoms with van der Waals surface area (Å²) in [6.07, 6.45) is 0.